The monoisotopic (exact) mass is 223 g/mol. The first-order valence-corrected chi connectivity index (χ1v) is 5.63. The van der Waals surface area contributed by atoms with Gasteiger partial charge in [0.25, 0.3) is 0 Å². The first-order valence-electron chi connectivity index (χ1n) is 5.63. The van der Waals surface area contributed by atoms with Crippen LogP contribution < -0.4 is 16.6 Å². The largest absolute Gasteiger partial charge is 0.365 e. The Balaban J connectivity index is 2.95. The van der Waals surface area contributed by atoms with Crippen LogP contribution in [0.4, 0.5) is 11.8 Å². The van der Waals surface area contributed by atoms with Crippen molar-refractivity contribution in [3.63, 3.8) is 0 Å². The molecule has 0 aromatic carbocycles. The van der Waals surface area contributed by atoms with Crippen LogP contribution >= 0.6 is 0 Å². The summed E-state index contributed by atoms with van der Waals surface area (Å²) in [4.78, 5) is 8.37. The molecule has 0 atom stereocenters. The molecule has 1 heterocycles. The molecule has 1 aromatic rings. The van der Waals surface area contributed by atoms with E-state index in [9.17, 15) is 0 Å². The lowest BCUT2D eigenvalue weighted by Crippen LogP contribution is -2.34. The number of nitrogens with one attached hydrogen (secondary N) is 2. The van der Waals surface area contributed by atoms with E-state index < -0.39 is 0 Å². The topological polar surface area (TPSA) is 75.9 Å². The fraction of sp³-hybridized carbons (Fsp3) is 0.636. The van der Waals surface area contributed by atoms with Gasteiger partial charge < -0.3 is 5.32 Å². The maximum Gasteiger partial charge on any atom is 0.239 e. The third-order valence-corrected chi connectivity index (χ3v) is 3.08. The molecule has 5 heteroatoms. The SMILES string of the molecule is CCC(C)(CC)Nc1nc(NN)ncc1C. The van der Waals surface area contributed by atoms with E-state index in [1.165, 1.54) is 0 Å². The predicted octanol–water partition coefficient (Wildman–Crippen LogP) is 2.06. The Bertz CT molecular complexity index is 346. The van der Waals surface area contributed by atoms with Crippen LogP contribution in [0.5, 0.6) is 0 Å². The van der Waals surface area contributed by atoms with Crippen molar-refractivity contribution in [2.45, 2.75) is 46.1 Å². The minimum atomic E-state index is 0.0605. The zero-order chi connectivity index (χ0) is 12.2. The van der Waals surface area contributed by atoms with E-state index in [-0.39, 0.29) is 5.54 Å². The Morgan fingerprint density at radius 2 is 2.00 bits per heavy atom. The highest BCUT2D eigenvalue weighted by Gasteiger charge is 2.20. The summed E-state index contributed by atoms with van der Waals surface area (Å²) >= 11 is 0. The van der Waals surface area contributed by atoms with Crippen molar-refractivity contribution < 1.29 is 0 Å². The minimum absolute atomic E-state index is 0.0605. The Morgan fingerprint density at radius 3 is 2.50 bits per heavy atom. The summed E-state index contributed by atoms with van der Waals surface area (Å²) in [6, 6.07) is 0. The Kier molecular flexibility index (Phi) is 4.06. The summed E-state index contributed by atoms with van der Waals surface area (Å²) < 4.78 is 0. The Labute approximate surface area is 96.8 Å². The second kappa shape index (κ2) is 5.12. The number of hydrogen-bond donors (Lipinski definition) is 3. The summed E-state index contributed by atoms with van der Waals surface area (Å²) in [7, 11) is 0. The second-order valence-electron chi connectivity index (χ2n) is 4.26. The lowest BCUT2D eigenvalue weighted by molar-refractivity contribution is 0.476. The molecule has 5 nitrogen and oxygen atoms in total. The van der Waals surface area contributed by atoms with Crippen LogP contribution in [0.1, 0.15) is 39.2 Å². The van der Waals surface area contributed by atoms with Crippen molar-refractivity contribution in [2.24, 2.45) is 5.84 Å². The lowest BCUT2D eigenvalue weighted by atomic mass is 9.95. The van der Waals surface area contributed by atoms with Gasteiger partial charge in [0.15, 0.2) is 0 Å². The van der Waals surface area contributed by atoms with Crippen LogP contribution in [0.25, 0.3) is 0 Å². The molecule has 0 aliphatic rings. The number of aryl methyl sites for hydroxylation is 1. The minimum Gasteiger partial charge on any atom is -0.365 e. The zero-order valence-corrected chi connectivity index (χ0v) is 10.5. The maximum absolute atomic E-state index is 5.29. The average molecular weight is 223 g/mol. The van der Waals surface area contributed by atoms with Crippen molar-refractivity contribution >= 4 is 11.8 Å². The van der Waals surface area contributed by atoms with E-state index >= 15 is 0 Å². The van der Waals surface area contributed by atoms with Crippen LogP contribution in [-0.2, 0) is 0 Å². The van der Waals surface area contributed by atoms with Crippen molar-refractivity contribution in [1.29, 1.82) is 0 Å². The number of hydrazine groups is 1. The number of nitrogens with two attached hydrogens (primary N) is 1. The van der Waals surface area contributed by atoms with Gasteiger partial charge in [0.1, 0.15) is 5.82 Å². The van der Waals surface area contributed by atoms with E-state index in [1.54, 1.807) is 6.20 Å². The molecule has 0 radical (unpaired) electrons. The molecular formula is C11H21N5. The number of anilines is 2. The molecular weight excluding hydrogens is 202 g/mol. The highest BCUT2D eigenvalue weighted by Crippen LogP contribution is 2.22. The lowest BCUT2D eigenvalue weighted by Gasteiger charge is -2.29. The molecule has 1 aromatic heterocycles. The van der Waals surface area contributed by atoms with Crippen LogP contribution in [0.2, 0.25) is 0 Å². The average Bonchev–Trinajstić information content (AvgIpc) is 2.32. The number of hydrogen-bond acceptors (Lipinski definition) is 5. The van der Waals surface area contributed by atoms with E-state index in [4.69, 9.17) is 5.84 Å². The summed E-state index contributed by atoms with van der Waals surface area (Å²) in [5, 5.41) is 3.45. The zero-order valence-electron chi connectivity index (χ0n) is 10.5. The highest BCUT2D eigenvalue weighted by molar-refractivity contribution is 5.47. The normalized spacial score (nSPS) is 11.3. The van der Waals surface area contributed by atoms with Crippen LogP contribution in [0.3, 0.4) is 0 Å². The molecule has 16 heavy (non-hydrogen) atoms. The summed E-state index contributed by atoms with van der Waals surface area (Å²) in [6.07, 6.45) is 3.84. The molecule has 0 aliphatic carbocycles. The first kappa shape index (κ1) is 12.7. The van der Waals surface area contributed by atoms with Gasteiger partial charge in [-0.25, -0.2) is 10.8 Å². The summed E-state index contributed by atoms with van der Waals surface area (Å²) in [6.45, 7) is 8.49. The predicted molar refractivity (Wildman–Crippen MR) is 67.2 cm³/mol. The fourth-order valence-electron chi connectivity index (χ4n) is 1.35. The van der Waals surface area contributed by atoms with E-state index in [0.29, 0.717) is 5.95 Å². The van der Waals surface area contributed by atoms with Gasteiger partial charge in [-0.2, -0.15) is 4.98 Å². The third-order valence-electron chi connectivity index (χ3n) is 3.08. The molecule has 0 bridgehead atoms. The molecule has 0 saturated carbocycles. The quantitative estimate of drug-likeness (QED) is 0.526. The Morgan fingerprint density at radius 1 is 1.38 bits per heavy atom. The van der Waals surface area contributed by atoms with Gasteiger partial charge in [-0.1, -0.05) is 13.8 Å². The molecule has 4 N–H and O–H groups in total. The van der Waals surface area contributed by atoms with E-state index in [2.05, 4.69) is 41.5 Å². The summed E-state index contributed by atoms with van der Waals surface area (Å²) in [5.74, 6) is 6.57. The number of rotatable bonds is 5. The van der Waals surface area contributed by atoms with Crippen molar-refractivity contribution in [1.82, 2.24) is 9.97 Å². The van der Waals surface area contributed by atoms with Crippen LogP contribution in [0, 0.1) is 6.92 Å². The number of nitrogen functional groups attached to an aromatic ring is 1. The van der Waals surface area contributed by atoms with Crippen LogP contribution in [0.15, 0.2) is 6.20 Å². The van der Waals surface area contributed by atoms with Crippen LogP contribution in [-0.4, -0.2) is 15.5 Å². The molecule has 0 fully saturated rings. The van der Waals surface area contributed by atoms with E-state index in [1.807, 2.05) is 6.92 Å². The molecule has 0 saturated heterocycles. The van der Waals surface area contributed by atoms with Gasteiger partial charge in [-0.15, -0.1) is 0 Å². The van der Waals surface area contributed by atoms with Gasteiger partial charge in [0.05, 0.1) is 0 Å². The summed E-state index contributed by atoms with van der Waals surface area (Å²) in [5.41, 5.74) is 3.54. The molecule has 90 valence electrons. The molecule has 1 rings (SSSR count). The molecule has 0 amide bonds. The van der Waals surface area contributed by atoms with Crippen molar-refractivity contribution in [3.05, 3.63) is 11.8 Å². The van der Waals surface area contributed by atoms with Crippen molar-refractivity contribution in [2.75, 3.05) is 10.7 Å². The first-order chi connectivity index (χ1) is 7.54. The highest BCUT2D eigenvalue weighted by atomic mass is 15.3. The number of aromatic nitrogens is 2. The molecule has 0 spiro atoms. The maximum atomic E-state index is 5.29. The fourth-order valence-corrected chi connectivity index (χ4v) is 1.35. The smallest absolute Gasteiger partial charge is 0.239 e. The molecule has 0 unspecified atom stereocenters. The molecule has 0 aliphatic heterocycles. The van der Waals surface area contributed by atoms with Crippen molar-refractivity contribution in [3.8, 4) is 0 Å². The standard InChI is InChI=1S/C11H21N5/c1-5-11(4,6-2)15-9-8(3)7-13-10(14-9)16-12/h7H,5-6,12H2,1-4H3,(H2,13,14,15,16). The second-order valence-corrected chi connectivity index (χ2v) is 4.26. The van der Waals surface area contributed by atoms with Gasteiger partial charge in [-0.3, -0.25) is 5.43 Å². The van der Waals surface area contributed by atoms with Gasteiger partial charge in [0.2, 0.25) is 5.95 Å². The van der Waals surface area contributed by atoms with Gasteiger partial charge in [-0.05, 0) is 26.7 Å². The van der Waals surface area contributed by atoms with E-state index in [0.717, 1.165) is 24.2 Å². The van der Waals surface area contributed by atoms with Gasteiger partial charge >= 0.3 is 0 Å². The number of nitrogens with zero attached hydrogens (tertiary/aromatic N) is 2. The third kappa shape index (κ3) is 2.82. The van der Waals surface area contributed by atoms with Gasteiger partial charge in [0, 0.05) is 17.3 Å². The Hall–Kier alpha value is -1.36.